The molecule has 154 valence electrons. The molecule has 3 fully saturated rings. The van der Waals surface area contributed by atoms with Crippen molar-refractivity contribution in [3.05, 3.63) is 11.6 Å². The van der Waals surface area contributed by atoms with E-state index in [1.807, 2.05) is 13.0 Å². The lowest BCUT2D eigenvalue weighted by molar-refractivity contribution is -0.198. The van der Waals surface area contributed by atoms with Crippen molar-refractivity contribution in [3.63, 3.8) is 0 Å². The highest BCUT2D eigenvalue weighted by Crippen LogP contribution is 2.72. The molecule has 0 heterocycles. The Kier molecular flexibility index (Phi) is 4.38. The van der Waals surface area contributed by atoms with Gasteiger partial charge in [-0.3, -0.25) is 9.59 Å². The molecule has 0 aromatic rings. The second-order valence-electron chi connectivity index (χ2n) is 11.6. The third-order valence-corrected chi connectivity index (χ3v) is 10.2. The van der Waals surface area contributed by atoms with E-state index in [0.29, 0.717) is 29.2 Å². The van der Waals surface area contributed by atoms with Crippen LogP contribution in [0, 0.1) is 45.3 Å². The lowest BCUT2D eigenvalue weighted by atomic mass is 9.35. The number of hydrogen-bond donors (Lipinski definition) is 0. The fraction of sp³-hybridized carbons (Fsp3) is 0.800. The number of Topliss-reactive ketones (excluding diaryl/α,β-unsaturated/α-hetero) is 1. The summed E-state index contributed by atoms with van der Waals surface area (Å²) in [7, 11) is 0. The van der Waals surface area contributed by atoms with E-state index in [9.17, 15) is 14.4 Å². The molecule has 3 nitrogen and oxygen atoms in total. The molecule has 4 aliphatic rings. The van der Waals surface area contributed by atoms with E-state index < -0.39 is 11.3 Å². The maximum Gasteiger partial charge on any atom is 0.146 e. The Balaban J connectivity index is 1.82. The summed E-state index contributed by atoms with van der Waals surface area (Å²) in [6.45, 7) is 11.7. The van der Waals surface area contributed by atoms with E-state index in [2.05, 4.69) is 27.7 Å². The highest BCUT2D eigenvalue weighted by molar-refractivity contribution is 5.94. The van der Waals surface area contributed by atoms with Gasteiger partial charge in [0.15, 0.2) is 0 Å². The summed E-state index contributed by atoms with van der Waals surface area (Å²) < 4.78 is 0. The van der Waals surface area contributed by atoms with Crippen molar-refractivity contribution in [1.29, 1.82) is 0 Å². The van der Waals surface area contributed by atoms with Gasteiger partial charge in [-0.25, -0.2) is 0 Å². The van der Waals surface area contributed by atoms with Crippen LogP contribution in [0.2, 0.25) is 0 Å². The van der Waals surface area contributed by atoms with Crippen molar-refractivity contribution in [2.45, 2.75) is 79.6 Å². The number of ketones is 1. The summed E-state index contributed by atoms with van der Waals surface area (Å²) in [4.78, 5) is 37.3. The van der Waals surface area contributed by atoms with Gasteiger partial charge in [-0.15, -0.1) is 0 Å². The molecule has 4 aliphatic carbocycles. The number of carbonyl (C=O) groups excluding carboxylic acids is 3. The number of carbonyl (C=O) groups is 3. The van der Waals surface area contributed by atoms with Gasteiger partial charge in [-0.2, -0.15) is 0 Å². The SMILES string of the molecule is CC1(C)CCC[C@@]2(C)C1CC[C@]1(C)C2CC(=O)[C@@]2(C)C1CC=C(C=O)[C@H]2C=O. The standard InChI is InChI=1S/C25H36O3/c1-22(2)10-6-11-23(3)18(22)9-12-24(4)19-8-7-16(14-26)17(15-27)25(19,5)21(28)13-20(23)24/h7,14-15,17-20H,6,8-13H2,1-5H3/t17-,18?,19?,20?,23+,24+,25-/m1/s1. The van der Waals surface area contributed by atoms with Crippen LogP contribution >= 0.6 is 0 Å². The zero-order valence-corrected chi connectivity index (χ0v) is 18.2. The number of rotatable bonds is 2. The van der Waals surface area contributed by atoms with Crippen LogP contribution in [0.3, 0.4) is 0 Å². The summed E-state index contributed by atoms with van der Waals surface area (Å²) in [5, 5.41) is 0. The van der Waals surface area contributed by atoms with Crippen LogP contribution in [-0.4, -0.2) is 18.4 Å². The average Bonchev–Trinajstić information content (AvgIpc) is 2.62. The largest absolute Gasteiger partial charge is 0.303 e. The Morgan fingerprint density at radius 3 is 2.25 bits per heavy atom. The van der Waals surface area contributed by atoms with Gasteiger partial charge >= 0.3 is 0 Å². The molecule has 0 radical (unpaired) electrons. The van der Waals surface area contributed by atoms with Crippen LogP contribution in [0.1, 0.15) is 79.6 Å². The van der Waals surface area contributed by atoms with Gasteiger partial charge in [0.1, 0.15) is 18.4 Å². The summed E-state index contributed by atoms with van der Waals surface area (Å²) in [5.74, 6) is 0.822. The highest BCUT2D eigenvalue weighted by Gasteiger charge is 2.68. The first-order chi connectivity index (χ1) is 13.1. The van der Waals surface area contributed by atoms with Crippen molar-refractivity contribution in [2.24, 2.45) is 45.3 Å². The number of allylic oxidation sites excluding steroid dienone is 2. The molecule has 0 amide bonds. The maximum absolute atomic E-state index is 13.7. The summed E-state index contributed by atoms with van der Waals surface area (Å²) >= 11 is 0. The van der Waals surface area contributed by atoms with Crippen molar-refractivity contribution in [1.82, 2.24) is 0 Å². The van der Waals surface area contributed by atoms with Crippen molar-refractivity contribution in [2.75, 3.05) is 0 Å². The first-order valence-corrected chi connectivity index (χ1v) is 11.2. The predicted octanol–water partition coefficient (Wildman–Crippen LogP) is 5.17. The Labute approximate surface area is 169 Å². The molecule has 4 rings (SSSR count). The quantitative estimate of drug-likeness (QED) is 0.617. The number of fused-ring (bicyclic) bond motifs is 5. The molecule has 0 bridgehead atoms. The lowest BCUT2D eigenvalue weighted by Gasteiger charge is -2.68. The van der Waals surface area contributed by atoms with E-state index in [1.54, 1.807) is 0 Å². The molecule has 3 heteroatoms. The Morgan fingerprint density at radius 2 is 1.61 bits per heavy atom. The smallest absolute Gasteiger partial charge is 0.146 e. The van der Waals surface area contributed by atoms with Crippen LogP contribution in [0.5, 0.6) is 0 Å². The molecule has 7 atom stereocenters. The van der Waals surface area contributed by atoms with E-state index in [4.69, 9.17) is 0 Å². The molecule has 0 spiro atoms. The van der Waals surface area contributed by atoms with Crippen LogP contribution in [0.4, 0.5) is 0 Å². The second kappa shape index (κ2) is 6.12. The molecule has 0 N–H and O–H groups in total. The minimum absolute atomic E-state index is 0.0491. The lowest BCUT2D eigenvalue weighted by Crippen LogP contribution is -2.65. The normalized spacial score (nSPS) is 49.9. The fourth-order valence-corrected chi connectivity index (χ4v) is 8.83. The van der Waals surface area contributed by atoms with Crippen LogP contribution in [-0.2, 0) is 14.4 Å². The van der Waals surface area contributed by atoms with Crippen molar-refractivity contribution < 1.29 is 14.4 Å². The van der Waals surface area contributed by atoms with E-state index in [0.717, 1.165) is 25.4 Å². The Morgan fingerprint density at radius 1 is 0.929 bits per heavy atom. The third kappa shape index (κ3) is 2.31. The average molecular weight is 385 g/mol. The number of aldehydes is 2. The molecule has 28 heavy (non-hydrogen) atoms. The van der Waals surface area contributed by atoms with E-state index in [1.165, 1.54) is 25.7 Å². The molecule has 0 aliphatic heterocycles. The molecular formula is C25H36O3. The summed E-state index contributed by atoms with van der Waals surface area (Å²) in [6.07, 6.45) is 11.0. The highest BCUT2D eigenvalue weighted by atomic mass is 16.1. The molecule has 0 saturated heterocycles. The van der Waals surface area contributed by atoms with Gasteiger partial charge in [0.2, 0.25) is 0 Å². The van der Waals surface area contributed by atoms with Crippen LogP contribution < -0.4 is 0 Å². The van der Waals surface area contributed by atoms with E-state index >= 15 is 0 Å². The zero-order chi connectivity index (χ0) is 20.5. The molecule has 0 aromatic carbocycles. The summed E-state index contributed by atoms with van der Waals surface area (Å²) in [6, 6.07) is 0. The van der Waals surface area contributed by atoms with Gasteiger partial charge in [0.25, 0.3) is 0 Å². The van der Waals surface area contributed by atoms with Gasteiger partial charge in [0.05, 0.1) is 5.92 Å². The molecular weight excluding hydrogens is 348 g/mol. The maximum atomic E-state index is 13.7. The van der Waals surface area contributed by atoms with Gasteiger partial charge < -0.3 is 4.79 Å². The molecule has 0 aromatic heterocycles. The summed E-state index contributed by atoms with van der Waals surface area (Å²) in [5.41, 5.74) is 0.360. The van der Waals surface area contributed by atoms with Crippen LogP contribution in [0.25, 0.3) is 0 Å². The van der Waals surface area contributed by atoms with Gasteiger partial charge in [-0.1, -0.05) is 47.1 Å². The first kappa shape index (κ1) is 20.0. The van der Waals surface area contributed by atoms with Crippen molar-refractivity contribution >= 4 is 18.4 Å². The Bertz CT molecular complexity index is 749. The minimum atomic E-state index is -0.731. The topological polar surface area (TPSA) is 51.2 Å². The molecule has 3 unspecified atom stereocenters. The molecule has 3 saturated carbocycles. The van der Waals surface area contributed by atoms with E-state index in [-0.39, 0.29) is 22.5 Å². The van der Waals surface area contributed by atoms with Gasteiger partial charge in [0, 0.05) is 11.8 Å². The first-order valence-electron chi connectivity index (χ1n) is 11.2. The Hall–Kier alpha value is -1.25. The van der Waals surface area contributed by atoms with Crippen LogP contribution in [0.15, 0.2) is 11.6 Å². The zero-order valence-electron chi connectivity index (χ0n) is 18.2. The minimum Gasteiger partial charge on any atom is -0.303 e. The number of hydrogen-bond acceptors (Lipinski definition) is 3. The monoisotopic (exact) mass is 384 g/mol. The fourth-order valence-electron chi connectivity index (χ4n) is 8.83. The van der Waals surface area contributed by atoms with Gasteiger partial charge in [-0.05, 0) is 71.7 Å². The second-order valence-corrected chi connectivity index (χ2v) is 11.6. The van der Waals surface area contributed by atoms with Crippen molar-refractivity contribution in [3.8, 4) is 0 Å². The third-order valence-electron chi connectivity index (χ3n) is 10.2. The predicted molar refractivity (Wildman–Crippen MR) is 110 cm³/mol.